The molecule has 0 nitrogen and oxygen atoms in total. The maximum absolute atomic E-state index is 3.80. The van der Waals surface area contributed by atoms with Gasteiger partial charge in [-0.3, -0.25) is 0 Å². The highest BCUT2D eigenvalue weighted by atomic mass is 14.3. The summed E-state index contributed by atoms with van der Waals surface area (Å²) in [4.78, 5) is 0. The molecule has 0 aliphatic heterocycles. The van der Waals surface area contributed by atoms with E-state index in [1.165, 1.54) is 69.8 Å². The SMILES string of the molecule is C=CCC/C=C/C1CCC(/C=C/C2CCC(c3ccc(CCC)cc3)CC2)CC1. The number of hydrogen-bond donors (Lipinski definition) is 0. The van der Waals surface area contributed by atoms with E-state index in [1.807, 2.05) is 6.08 Å². The summed E-state index contributed by atoms with van der Waals surface area (Å²) in [5, 5.41) is 0. The van der Waals surface area contributed by atoms with Crippen molar-refractivity contribution in [1.82, 2.24) is 0 Å². The number of rotatable bonds is 9. The number of unbranched alkanes of at least 4 members (excludes halogenated alkanes) is 1. The minimum absolute atomic E-state index is 0.790. The summed E-state index contributed by atoms with van der Waals surface area (Å²) in [6.45, 7) is 6.06. The summed E-state index contributed by atoms with van der Waals surface area (Å²) in [6.07, 6.45) is 27.8. The first-order chi connectivity index (χ1) is 14.3. The molecule has 1 aromatic rings. The number of benzene rings is 1. The number of allylic oxidation sites excluding steroid dienone is 5. The second-order valence-electron chi connectivity index (χ2n) is 9.46. The molecule has 0 heterocycles. The van der Waals surface area contributed by atoms with Crippen molar-refractivity contribution in [2.45, 2.75) is 89.9 Å². The molecule has 0 amide bonds. The summed E-state index contributed by atoms with van der Waals surface area (Å²) >= 11 is 0. The van der Waals surface area contributed by atoms with Crippen LogP contribution in [0.3, 0.4) is 0 Å². The Bertz CT molecular complexity index is 631. The van der Waals surface area contributed by atoms with Gasteiger partial charge in [0.2, 0.25) is 0 Å². The van der Waals surface area contributed by atoms with E-state index in [-0.39, 0.29) is 0 Å². The van der Waals surface area contributed by atoms with E-state index >= 15 is 0 Å². The zero-order valence-corrected chi connectivity index (χ0v) is 18.7. The third kappa shape index (κ3) is 7.32. The van der Waals surface area contributed by atoms with Gasteiger partial charge in [-0.05, 0) is 105 Å². The Kier molecular flexibility index (Phi) is 9.32. The minimum atomic E-state index is 0.790. The molecule has 3 rings (SSSR count). The molecule has 0 N–H and O–H groups in total. The molecule has 2 aliphatic carbocycles. The zero-order valence-electron chi connectivity index (χ0n) is 18.7. The van der Waals surface area contributed by atoms with Crippen molar-refractivity contribution in [2.24, 2.45) is 17.8 Å². The summed E-state index contributed by atoms with van der Waals surface area (Å²) in [5.74, 6) is 3.26. The monoisotopic (exact) mass is 390 g/mol. The van der Waals surface area contributed by atoms with Crippen LogP contribution in [0, 0.1) is 17.8 Å². The van der Waals surface area contributed by atoms with E-state index in [0.717, 1.165) is 36.5 Å². The molecule has 0 unspecified atom stereocenters. The number of aryl methyl sites for hydroxylation is 1. The van der Waals surface area contributed by atoms with Gasteiger partial charge >= 0.3 is 0 Å². The normalized spacial score (nSPS) is 28.2. The molecular weight excluding hydrogens is 348 g/mol. The van der Waals surface area contributed by atoms with Crippen LogP contribution in [0.1, 0.15) is 94.6 Å². The fourth-order valence-corrected chi connectivity index (χ4v) is 5.24. The lowest BCUT2D eigenvalue weighted by atomic mass is 9.77. The van der Waals surface area contributed by atoms with Gasteiger partial charge in [0.25, 0.3) is 0 Å². The van der Waals surface area contributed by atoms with Crippen molar-refractivity contribution in [3.05, 3.63) is 72.4 Å². The van der Waals surface area contributed by atoms with E-state index in [0.29, 0.717) is 0 Å². The maximum atomic E-state index is 3.80. The van der Waals surface area contributed by atoms with Gasteiger partial charge in [-0.25, -0.2) is 0 Å². The summed E-state index contributed by atoms with van der Waals surface area (Å²) in [5.41, 5.74) is 3.07. The van der Waals surface area contributed by atoms with Crippen LogP contribution in [0.5, 0.6) is 0 Å². The fraction of sp³-hybridized carbons (Fsp3) is 0.586. The van der Waals surface area contributed by atoms with Crippen LogP contribution < -0.4 is 0 Å². The third-order valence-corrected chi connectivity index (χ3v) is 7.18. The molecule has 29 heavy (non-hydrogen) atoms. The Hall–Kier alpha value is -1.56. The maximum Gasteiger partial charge on any atom is -0.0162 e. The molecule has 2 saturated carbocycles. The van der Waals surface area contributed by atoms with Crippen molar-refractivity contribution < 1.29 is 0 Å². The third-order valence-electron chi connectivity index (χ3n) is 7.18. The molecule has 2 aliphatic rings. The standard InChI is InChI=1S/C29H42/c1-3-5-6-7-9-25-10-12-26(13-11-25)14-15-27-18-22-29(23-19-27)28-20-16-24(8-4-2)17-21-28/h3,7,9,14-17,20-21,25-27,29H,1,4-6,8,10-13,18-19,22-23H2,2H3/b9-7+,15-14+. The average molecular weight is 391 g/mol. The van der Waals surface area contributed by atoms with Crippen LogP contribution in [-0.4, -0.2) is 0 Å². The van der Waals surface area contributed by atoms with Crippen molar-refractivity contribution in [3.8, 4) is 0 Å². The van der Waals surface area contributed by atoms with Gasteiger partial charge < -0.3 is 0 Å². The van der Waals surface area contributed by atoms with Crippen LogP contribution in [0.4, 0.5) is 0 Å². The first-order valence-corrected chi connectivity index (χ1v) is 12.3. The highest BCUT2D eigenvalue weighted by Crippen LogP contribution is 2.37. The van der Waals surface area contributed by atoms with Crippen molar-refractivity contribution in [1.29, 1.82) is 0 Å². The average Bonchev–Trinajstić information content (AvgIpc) is 2.77. The van der Waals surface area contributed by atoms with Crippen molar-refractivity contribution in [3.63, 3.8) is 0 Å². The molecule has 0 aromatic heterocycles. The lowest BCUT2D eigenvalue weighted by Gasteiger charge is -2.28. The summed E-state index contributed by atoms with van der Waals surface area (Å²) in [7, 11) is 0. The van der Waals surface area contributed by atoms with Gasteiger partial charge in [-0.15, -0.1) is 6.58 Å². The van der Waals surface area contributed by atoms with E-state index in [4.69, 9.17) is 0 Å². The Balaban J connectivity index is 1.37. The lowest BCUT2D eigenvalue weighted by Crippen LogP contribution is -2.14. The molecule has 0 radical (unpaired) electrons. The molecular formula is C29H42. The highest BCUT2D eigenvalue weighted by Gasteiger charge is 2.22. The Morgan fingerprint density at radius 1 is 0.759 bits per heavy atom. The second kappa shape index (κ2) is 12.2. The Labute approximate surface area is 180 Å². The van der Waals surface area contributed by atoms with Gasteiger partial charge in [-0.2, -0.15) is 0 Å². The van der Waals surface area contributed by atoms with Gasteiger partial charge in [-0.1, -0.05) is 68.0 Å². The van der Waals surface area contributed by atoms with Crippen LogP contribution in [0.15, 0.2) is 61.2 Å². The second-order valence-corrected chi connectivity index (χ2v) is 9.46. The molecule has 0 saturated heterocycles. The zero-order chi connectivity index (χ0) is 20.3. The van der Waals surface area contributed by atoms with Gasteiger partial charge in [0.15, 0.2) is 0 Å². The fourth-order valence-electron chi connectivity index (χ4n) is 5.24. The first kappa shape index (κ1) is 22.1. The smallest absolute Gasteiger partial charge is 0.0162 e. The molecule has 158 valence electrons. The highest BCUT2D eigenvalue weighted by molar-refractivity contribution is 5.26. The van der Waals surface area contributed by atoms with Gasteiger partial charge in [0.1, 0.15) is 0 Å². The molecule has 0 heteroatoms. The Morgan fingerprint density at radius 2 is 1.31 bits per heavy atom. The van der Waals surface area contributed by atoms with Crippen LogP contribution in [0.2, 0.25) is 0 Å². The van der Waals surface area contributed by atoms with E-state index < -0.39 is 0 Å². The predicted octanol–water partition coefficient (Wildman–Crippen LogP) is 8.80. The Morgan fingerprint density at radius 3 is 1.86 bits per heavy atom. The van der Waals surface area contributed by atoms with Crippen LogP contribution in [0.25, 0.3) is 0 Å². The van der Waals surface area contributed by atoms with E-state index in [2.05, 4.69) is 62.1 Å². The lowest BCUT2D eigenvalue weighted by molar-refractivity contribution is 0.348. The molecule has 0 bridgehead atoms. The largest absolute Gasteiger partial charge is 0.103 e. The predicted molar refractivity (Wildman–Crippen MR) is 128 cm³/mol. The molecule has 1 aromatic carbocycles. The molecule has 0 spiro atoms. The summed E-state index contributed by atoms with van der Waals surface area (Å²) in [6, 6.07) is 9.51. The summed E-state index contributed by atoms with van der Waals surface area (Å²) < 4.78 is 0. The minimum Gasteiger partial charge on any atom is -0.103 e. The van der Waals surface area contributed by atoms with Crippen molar-refractivity contribution in [2.75, 3.05) is 0 Å². The van der Waals surface area contributed by atoms with E-state index in [9.17, 15) is 0 Å². The van der Waals surface area contributed by atoms with Crippen LogP contribution in [-0.2, 0) is 6.42 Å². The van der Waals surface area contributed by atoms with E-state index in [1.54, 1.807) is 5.56 Å². The number of hydrogen-bond acceptors (Lipinski definition) is 0. The first-order valence-electron chi connectivity index (χ1n) is 12.3. The van der Waals surface area contributed by atoms with Gasteiger partial charge in [0.05, 0.1) is 0 Å². The molecule has 0 atom stereocenters. The van der Waals surface area contributed by atoms with Crippen LogP contribution >= 0.6 is 0 Å². The van der Waals surface area contributed by atoms with Gasteiger partial charge in [0, 0.05) is 0 Å². The quantitative estimate of drug-likeness (QED) is 0.292. The topological polar surface area (TPSA) is 0 Å². The van der Waals surface area contributed by atoms with Crippen molar-refractivity contribution >= 4 is 0 Å². The molecule has 2 fully saturated rings.